The van der Waals surface area contributed by atoms with Gasteiger partial charge in [0.2, 0.25) is 11.8 Å². The van der Waals surface area contributed by atoms with Crippen LogP contribution >= 0.6 is 0 Å². The Bertz CT molecular complexity index is 640. The first-order valence-corrected chi connectivity index (χ1v) is 8.97. The van der Waals surface area contributed by atoms with Crippen LogP contribution in [0.4, 0.5) is 0 Å². The van der Waals surface area contributed by atoms with Gasteiger partial charge in [-0.15, -0.1) is 0 Å². The Morgan fingerprint density at radius 3 is 2.76 bits per heavy atom. The fourth-order valence-corrected chi connectivity index (χ4v) is 3.43. The van der Waals surface area contributed by atoms with Crippen LogP contribution in [0.3, 0.4) is 0 Å². The summed E-state index contributed by atoms with van der Waals surface area (Å²) in [5.74, 6) is 1.11. The molecule has 6 nitrogen and oxygen atoms in total. The Kier molecular flexibility index (Phi) is 5.46. The molecule has 6 heteroatoms. The van der Waals surface area contributed by atoms with Gasteiger partial charge in [0.1, 0.15) is 24.1 Å². The molecule has 2 atom stereocenters. The van der Waals surface area contributed by atoms with Crippen molar-refractivity contribution < 1.29 is 19.1 Å². The highest BCUT2D eigenvalue weighted by atomic mass is 16.5. The molecule has 1 aromatic carbocycles. The molecule has 1 aromatic rings. The molecule has 3 rings (SSSR count). The summed E-state index contributed by atoms with van der Waals surface area (Å²) >= 11 is 0. The minimum absolute atomic E-state index is 0.00918. The van der Waals surface area contributed by atoms with Gasteiger partial charge in [-0.3, -0.25) is 9.59 Å². The van der Waals surface area contributed by atoms with Crippen molar-refractivity contribution in [1.82, 2.24) is 10.2 Å². The number of amides is 2. The predicted molar refractivity (Wildman–Crippen MR) is 93.7 cm³/mol. The summed E-state index contributed by atoms with van der Waals surface area (Å²) in [6, 6.07) is 5.13. The fraction of sp³-hybridized carbons (Fsp3) is 0.579. The largest absolute Gasteiger partial charge is 0.497 e. The summed E-state index contributed by atoms with van der Waals surface area (Å²) < 4.78 is 10.9. The van der Waals surface area contributed by atoms with Crippen LogP contribution < -0.4 is 14.8 Å². The van der Waals surface area contributed by atoms with Crippen molar-refractivity contribution in [2.45, 2.75) is 38.6 Å². The molecule has 0 aliphatic carbocycles. The summed E-state index contributed by atoms with van der Waals surface area (Å²) in [6.07, 6.45) is 3.87. The lowest BCUT2D eigenvalue weighted by atomic mass is 9.95. The van der Waals surface area contributed by atoms with E-state index in [1.54, 1.807) is 14.0 Å². The zero-order chi connectivity index (χ0) is 17.8. The van der Waals surface area contributed by atoms with Crippen molar-refractivity contribution in [3.05, 3.63) is 23.8 Å². The molecular formula is C19H26N2O4. The summed E-state index contributed by atoms with van der Waals surface area (Å²) in [7, 11) is 1.61. The number of piperidine rings is 1. The maximum Gasteiger partial charge on any atom is 0.244 e. The Morgan fingerprint density at radius 2 is 2.04 bits per heavy atom. The summed E-state index contributed by atoms with van der Waals surface area (Å²) in [5.41, 5.74) is 0.988. The molecule has 2 aliphatic rings. The number of carbonyl (C=O) groups is 2. The van der Waals surface area contributed by atoms with E-state index in [0.29, 0.717) is 13.0 Å². The van der Waals surface area contributed by atoms with Gasteiger partial charge < -0.3 is 19.7 Å². The van der Waals surface area contributed by atoms with E-state index < -0.39 is 6.04 Å². The topological polar surface area (TPSA) is 67.9 Å². The molecule has 1 saturated heterocycles. The maximum absolute atomic E-state index is 12.5. The van der Waals surface area contributed by atoms with E-state index in [0.717, 1.165) is 43.0 Å². The molecule has 1 N–H and O–H groups in total. The fourth-order valence-electron chi connectivity index (χ4n) is 3.43. The molecule has 2 heterocycles. The van der Waals surface area contributed by atoms with E-state index in [2.05, 4.69) is 5.32 Å². The van der Waals surface area contributed by atoms with E-state index in [1.807, 2.05) is 23.1 Å². The van der Waals surface area contributed by atoms with Crippen LogP contribution in [-0.2, 0) is 16.0 Å². The van der Waals surface area contributed by atoms with Crippen molar-refractivity contribution in [3.63, 3.8) is 0 Å². The lowest BCUT2D eigenvalue weighted by molar-refractivity contribution is -0.138. The number of methoxy groups -OCH3 is 1. The van der Waals surface area contributed by atoms with Gasteiger partial charge in [-0.1, -0.05) is 6.07 Å². The zero-order valence-corrected chi connectivity index (χ0v) is 14.9. The first-order valence-electron chi connectivity index (χ1n) is 8.97. The third-order valence-corrected chi connectivity index (χ3v) is 4.95. The van der Waals surface area contributed by atoms with Gasteiger partial charge in [0.15, 0.2) is 0 Å². The van der Waals surface area contributed by atoms with Gasteiger partial charge in [-0.25, -0.2) is 0 Å². The van der Waals surface area contributed by atoms with E-state index in [9.17, 15) is 9.59 Å². The number of rotatable bonds is 4. The molecule has 0 aromatic heterocycles. The number of hydrogen-bond acceptors (Lipinski definition) is 4. The van der Waals surface area contributed by atoms with Crippen LogP contribution in [0.5, 0.6) is 11.5 Å². The second-order valence-corrected chi connectivity index (χ2v) is 6.80. The number of nitrogens with one attached hydrogen (secondary N) is 1. The lowest BCUT2D eigenvalue weighted by Gasteiger charge is -2.30. The van der Waals surface area contributed by atoms with Crippen LogP contribution in [0, 0.1) is 5.92 Å². The number of fused-ring (bicyclic) bond motifs is 1. The van der Waals surface area contributed by atoms with Crippen LogP contribution in [0.15, 0.2) is 18.2 Å². The Hall–Kier alpha value is -2.24. The number of hydrogen-bond donors (Lipinski definition) is 1. The second kappa shape index (κ2) is 7.76. The average Bonchev–Trinajstić information content (AvgIpc) is 2.67. The van der Waals surface area contributed by atoms with Gasteiger partial charge in [-0.2, -0.15) is 0 Å². The molecule has 0 unspecified atom stereocenters. The summed E-state index contributed by atoms with van der Waals surface area (Å²) in [5, 5.41) is 2.87. The molecule has 2 aliphatic heterocycles. The summed E-state index contributed by atoms with van der Waals surface area (Å²) in [4.78, 5) is 26.8. The molecule has 0 radical (unpaired) electrons. The van der Waals surface area contributed by atoms with E-state index in [1.165, 1.54) is 6.42 Å². The summed E-state index contributed by atoms with van der Waals surface area (Å²) in [6.45, 7) is 3.66. The van der Waals surface area contributed by atoms with Gasteiger partial charge >= 0.3 is 0 Å². The third-order valence-electron chi connectivity index (χ3n) is 4.95. The number of likely N-dealkylation sites (tertiary alicyclic amines) is 1. The van der Waals surface area contributed by atoms with Gasteiger partial charge in [-0.05, 0) is 44.2 Å². The normalized spacial score (nSPS) is 20.9. The van der Waals surface area contributed by atoms with Crippen LogP contribution in [0.25, 0.3) is 0 Å². The standard InChI is InChI=1S/C19H26N2O4/c1-13(19(23)21-8-4-3-5-9-21)20-18(22)15-10-14-6-7-16(24-2)11-17(14)25-12-15/h6-7,11,13,15H,3-5,8-10,12H2,1-2H3,(H,20,22)/t13-,15+/m1/s1. The third kappa shape index (κ3) is 4.06. The molecule has 0 saturated carbocycles. The minimum Gasteiger partial charge on any atom is -0.497 e. The predicted octanol–water partition coefficient (Wildman–Crippen LogP) is 1.76. The van der Waals surface area contributed by atoms with Crippen molar-refractivity contribution in [3.8, 4) is 11.5 Å². The van der Waals surface area contributed by atoms with Crippen molar-refractivity contribution in [1.29, 1.82) is 0 Å². The van der Waals surface area contributed by atoms with Gasteiger partial charge in [0, 0.05) is 19.2 Å². The Morgan fingerprint density at radius 1 is 1.28 bits per heavy atom. The lowest BCUT2D eigenvalue weighted by Crippen LogP contribution is -2.50. The highest BCUT2D eigenvalue weighted by molar-refractivity contribution is 5.88. The molecule has 25 heavy (non-hydrogen) atoms. The van der Waals surface area contributed by atoms with E-state index in [-0.39, 0.29) is 17.7 Å². The van der Waals surface area contributed by atoms with Crippen LogP contribution in [0.1, 0.15) is 31.7 Å². The number of nitrogens with zero attached hydrogens (tertiary/aromatic N) is 1. The SMILES string of the molecule is COc1ccc2c(c1)OC[C@@H](C(=O)N[C@H](C)C(=O)N1CCCCC1)C2. The molecule has 136 valence electrons. The van der Waals surface area contributed by atoms with Crippen LogP contribution in [0.2, 0.25) is 0 Å². The van der Waals surface area contributed by atoms with Crippen molar-refractivity contribution in [2.24, 2.45) is 5.92 Å². The number of ether oxygens (including phenoxy) is 2. The Labute approximate surface area is 148 Å². The van der Waals surface area contributed by atoms with Crippen molar-refractivity contribution >= 4 is 11.8 Å². The minimum atomic E-state index is -0.497. The van der Waals surface area contributed by atoms with Gasteiger partial charge in [0.25, 0.3) is 0 Å². The second-order valence-electron chi connectivity index (χ2n) is 6.80. The molecular weight excluding hydrogens is 320 g/mol. The van der Waals surface area contributed by atoms with Gasteiger partial charge in [0.05, 0.1) is 13.0 Å². The maximum atomic E-state index is 12.5. The average molecular weight is 346 g/mol. The molecule has 1 fully saturated rings. The van der Waals surface area contributed by atoms with Crippen molar-refractivity contribution in [2.75, 3.05) is 26.8 Å². The first kappa shape index (κ1) is 17.6. The molecule has 0 spiro atoms. The number of benzene rings is 1. The monoisotopic (exact) mass is 346 g/mol. The van der Waals surface area contributed by atoms with E-state index >= 15 is 0 Å². The molecule has 0 bridgehead atoms. The first-order chi connectivity index (χ1) is 12.1. The quantitative estimate of drug-likeness (QED) is 0.902. The molecule has 2 amide bonds. The highest BCUT2D eigenvalue weighted by Gasteiger charge is 2.30. The Balaban J connectivity index is 1.57. The van der Waals surface area contributed by atoms with E-state index in [4.69, 9.17) is 9.47 Å². The zero-order valence-electron chi connectivity index (χ0n) is 14.9. The highest BCUT2D eigenvalue weighted by Crippen LogP contribution is 2.31. The van der Waals surface area contributed by atoms with Crippen LogP contribution in [-0.4, -0.2) is 49.6 Å². The smallest absolute Gasteiger partial charge is 0.244 e. The number of carbonyl (C=O) groups excluding carboxylic acids is 2.